The van der Waals surface area contributed by atoms with Gasteiger partial charge in [-0.2, -0.15) is 9.78 Å². The lowest BCUT2D eigenvalue weighted by atomic mass is 10.1. The highest BCUT2D eigenvalue weighted by atomic mass is 79.9. The first-order valence-electron chi connectivity index (χ1n) is 11.7. The van der Waals surface area contributed by atoms with Gasteiger partial charge in [-0.05, 0) is 72.2 Å². The van der Waals surface area contributed by atoms with Gasteiger partial charge in [0.15, 0.2) is 11.6 Å². The summed E-state index contributed by atoms with van der Waals surface area (Å²) in [4.78, 5) is 31.2. The van der Waals surface area contributed by atoms with Crippen molar-refractivity contribution in [1.82, 2.24) is 9.66 Å². The second-order valence-electron chi connectivity index (χ2n) is 8.75. The van der Waals surface area contributed by atoms with Crippen molar-refractivity contribution in [2.75, 3.05) is 0 Å². The van der Waals surface area contributed by atoms with Gasteiger partial charge in [0.25, 0.3) is 5.56 Å². The van der Waals surface area contributed by atoms with E-state index in [4.69, 9.17) is 9.72 Å². The van der Waals surface area contributed by atoms with Crippen LogP contribution in [0.1, 0.15) is 27.0 Å². The number of ether oxygens (including phenoxy) is 1. The monoisotopic (exact) mass is 629 g/mol. The highest BCUT2D eigenvalue weighted by molar-refractivity contribution is 9.11. The van der Waals surface area contributed by atoms with Crippen LogP contribution in [0.15, 0.2) is 104 Å². The molecule has 8 heteroatoms. The molecule has 0 bridgehead atoms. The predicted molar refractivity (Wildman–Crippen MR) is 157 cm³/mol. The number of aryl methyl sites for hydroxylation is 2. The zero-order valence-electron chi connectivity index (χ0n) is 20.5. The van der Waals surface area contributed by atoms with Crippen LogP contribution < -0.4 is 10.3 Å². The van der Waals surface area contributed by atoms with E-state index < -0.39 is 5.97 Å². The van der Waals surface area contributed by atoms with Crippen molar-refractivity contribution in [3.63, 3.8) is 0 Å². The number of nitrogens with zero attached hydrogens (tertiary/aromatic N) is 3. The Morgan fingerprint density at radius 1 is 0.921 bits per heavy atom. The molecular formula is C30H21Br2N3O3. The molecule has 0 N–H and O–H groups in total. The fourth-order valence-corrected chi connectivity index (χ4v) is 5.29. The van der Waals surface area contributed by atoms with Gasteiger partial charge in [0.1, 0.15) is 0 Å². The van der Waals surface area contributed by atoms with Crippen LogP contribution in [0.25, 0.3) is 22.3 Å². The number of para-hydroxylation sites is 1. The topological polar surface area (TPSA) is 73.5 Å². The van der Waals surface area contributed by atoms with Gasteiger partial charge in [0.2, 0.25) is 0 Å². The summed E-state index contributed by atoms with van der Waals surface area (Å²) in [6.07, 6.45) is 1.49. The third-order valence-electron chi connectivity index (χ3n) is 5.86. The molecule has 0 unspecified atom stereocenters. The zero-order valence-corrected chi connectivity index (χ0v) is 23.7. The third-order valence-corrected chi connectivity index (χ3v) is 6.91. The van der Waals surface area contributed by atoms with Crippen molar-refractivity contribution in [3.8, 4) is 17.1 Å². The quantitative estimate of drug-likeness (QED) is 0.116. The Kier molecular flexibility index (Phi) is 7.35. The molecule has 1 heterocycles. The average molecular weight is 631 g/mol. The number of halogens is 2. The number of aromatic nitrogens is 2. The highest BCUT2D eigenvalue weighted by Crippen LogP contribution is 2.33. The average Bonchev–Trinajstić information content (AvgIpc) is 2.90. The smallest absolute Gasteiger partial charge is 0.343 e. The summed E-state index contributed by atoms with van der Waals surface area (Å²) in [5.41, 5.74) is 4.01. The molecule has 0 fully saturated rings. The maximum atomic E-state index is 13.5. The number of hydrogen-bond acceptors (Lipinski definition) is 5. The van der Waals surface area contributed by atoms with E-state index in [1.165, 1.54) is 10.9 Å². The number of hydrogen-bond donors (Lipinski definition) is 0. The molecule has 5 aromatic rings. The number of esters is 1. The maximum absolute atomic E-state index is 13.5. The Bertz CT molecular complexity index is 1780. The Labute approximate surface area is 235 Å². The minimum absolute atomic E-state index is 0.279. The van der Waals surface area contributed by atoms with Crippen molar-refractivity contribution >= 4 is 54.9 Å². The summed E-state index contributed by atoms with van der Waals surface area (Å²) >= 11 is 6.98. The molecule has 188 valence electrons. The van der Waals surface area contributed by atoms with Crippen LogP contribution >= 0.6 is 31.9 Å². The molecule has 0 spiro atoms. The van der Waals surface area contributed by atoms with Crippen LogP contribution in [0.3, 0.4) is 0 Å². The Morgan fingerprint density at radius 3 is 2.45 bits per heavy atom. The van der Waals surface area contributed by atoms with Gasteiger partial charge in [-0.1, -0.05) is 69.5 Å². The van der Waals surface area contributed by atoms with Crippen molar-refractivity contribution in [2.45, 2.75) is 13.8 Å². The molecular weight excluding hydrogens is 610 g/mol. The number of rotatable bonds is 5. The molecule has 0 aliphatic rings. The van der Waals surface area contributed by atoms with Crippen molar-refractivity contribution in [2.24, 2.45) is 5.10 Å². The molecule has 38 heavy (non-hydrogen) atoms. The molecule has 1 aromatic heterocycles. The van der Waals surface area contributed by atoms with Crippen molar-refractivity contribution < 1.29 is 9.53 Å². The van der Waals surface area contributed by atoms with Crippen molar-refractivity contribution in [1.29, 1.82) is 0 Å². The van der Waals surface area contributed by atoms with E-state index in [1.807, 2.05) is 56.3 Å². The third kappa shape index (κ3) is 5.37. The summed E-state index contributed by atoms with van der Waals surface area (Å²) in [5.74, 6) is 0.176. The number of benzene rings is 4. The summed E-state index contributed by atoms with van der Waals surface area (Å²) in [7, 11) is 0. The summed E-state index contributed by atoms with van der Waals surface area (Å²) < 4.78 is 8.34. The lowest BCUT2D eigenvalue weighted by molar-refractivity contribution is 0.0733. The van der Waals surface area contributed by atoms with Gasteiger partial charge in [0, 0.05) is 15.6 Å². The van der Waals surface area contributed by atoms with Gasteiger partial charge in [0.05, 0.1) is 27.2 Å². The number of carbonyl (C=O) groups is 1. The molecule has 0 atom stereocenters. The second-order valence-corrected chi connectivity index (χ2v) is 10.5. The second kappa shape index (κ2) is 10.8. The van der Waals surface area contributed by atoms with Crippen LogP contribution in [0.4, 0.5) is 0 Å². The lowest BCUT2D eigenvalue weighted by Crippen LogP contribution is -2.20. The van der Waals surface area contributed by atoms with E-state index in [9.17, 15) is 9.59 Å². The molecule has 0 amide bonds. The van der Waals surface area contributed by atoms with Crippen LogP contribution in [0, 0.1) is 13.8 Å². The van der Waals surface area contributed by atoms with E-state index in [-0.39, 0.29) is 11.3 Å². The first-order valence-corrected chi connectivity index (χ1v) is 13.3. The molecule has 0 radical (unpaired) electrons. The van der Waals surface area contributed by atoms with Crippen LogP contribution in [0.2, 0.25) is 0 Å². The molecule has 4 aromatic carbocycles. The Hall–Kier alpha value is -3.88. The van der Waals surface area contributed by atoms with E-state index >= 15 is 0 Å². The zero-order chi connectivity index (χ0) is 26.8. The van der Waals surface area contributed by atoms with Crippen LogP contribution in [-0.4, -0.2) is 21.8 Å². The molecule has 0 saturated carbocycles. The fraction of sp³-hybridized carbons (Fsp3) is 0.0667. The summed E-state index contributed by atoms with van der Waals surface area (Å²) in [5, 5.41) is 5.00. The van der Waals surface area contributed by atoms with Gasteiger partial charge in [-0.25, -0.2) is 9.78 Å². The normalized spacial score (nSPS) is 11.3. The predicted octanol–water partition coefficient (Wildman–Crippen LogP) is 7.31. The molecule has 0 aliphatic heterocycles. The van der Waals surface area contributed by atoms with E-state index in [1.54, 1.807) is 42.5 Å². The van der Waals surface area contributed by atoms with Gasteiger partial charge < -0.3 is 4.74 Å². The van der Waals surface area contributed by atoms with Gasteiger partial charge in [-0.15, -0.1) is 0 Å². The van der Waals surface area contributed by atoms with Gasteiger partial charge >= 0.3 is 5.97 Å². The first-order chi connectivity index (χ1) is 18.3. The highest BCUT2D eigenvalue weighted by Gasteiger charge is 2.17. The van der Waals surface area contributed by atoms with E-state index in [2.05, 4.69) is 37.0 Å². The Balaban J connectivity index is 1.62. The largest absolute Gasteiger partial charge is 0.421 e. The summed E-state index contributed by atoms with van der Waals surface area (Å²) in [6.45, 7) is 3.92. The molecule has 5 rings (SSSR count). The van der Waals surface area contributed by atoms with Gasteiger partial charge in [-0.3, -0.25) is 4.79 Å². The minimum Gasteiger partial charge on any atom is -0.421 e. The molecule has 0 saturated heterocycles. The van der Waals surface area contributed by atoms with Crippen molar-refractivity contribution in [3.05, 3.63) is 126 Å². The standard InChI is InChI=1S/C30H21Br2N3O3/c1-18-10-12-20(13-11-18)30(37)38-27-22(15-23(31)16-25(27)32)17-33-35-28(21-7-5-6-19(2)14-21)34-26-9-4-3-8-24(26)29(35)36/h3-17H,1-2H3. The Morgan fingerprint density at radius 2 is 1.68 bits per heavy atom. The lowest BCUT2D eigenvalue weighted by Gasteiger charge is -2.12. The first kappa shape index (κ1) is 25.8. The van der Waals surface area contributed by atoms with E-state index in [0.29, 0.717) is 32.3 Å². The molecule has 0 aliphatic carbocycles. The SMILES string of the molecule is Cc1ccc(C(=O)Oc2c(Br)cc(Br)cc2C=Nn2c(-c3cccc(C)c3)nc3ccccc3c2=O)cc1. The van der Waals surface area contributed by atoms with Crippen LogP contribution in [-0.2, 0) is 0 Å². The van der Waals surface area contributed by atoms with E-state index in [0.717, 1.165) is 21.2 Å². The maximum Gasteiger partial charge on any atom is 0.343 e. The molecule has 6 nitrogen and oxygen atoms in total. The fourth-order valence-electron chi connectivity index (χ4n) is 3.95. The minimum atomic E-state index is -0.507. The van der Waals surface area contributed by atoms with Crippen LogP contribution in [0.5, 0.6) is 5.75 Å². The summed E-state index contributed by atoms with van der Waals surface area (Å²) in [6, 6.07) is 25.6. The number of fused-ring (bicyclic) bond motifs is 1. The number of carbonyl (C=O) groups excluding carboxylic acids is 1.